The number of thiazole rings is 1. The smallest absolute Gasteiger partial charge is 0.304 e. The highest BCUT2D eigenvalue weighted by Gasteiger charge is 2.26. The van der Waals surface area contributed by atoms with Crippen molar-refractivity contribution in [1.29, 1.82) is 0 Å². The van der Waals surface area contributed by atoms with Crippen LogP contribution in [0.25, 0.3) is 11.0 Å². The van der Waals surface area contributed by atoms with E-state index in [-0.39, 0.29) is 18.2 Å². The molecule has 0 saturated heterocycles. The second-order valence-electron chi connectivity index (χ2n) is 8.58. The molecule has 8 nitrogen and oxygen atoms in total. The van der Waals surface area contributed by atoms with Crippen LogP contribution in [-0.2, 0) is 24.3 Å². The van der Waals surface area contributed by atoms with Gasteiger partial charge in [-0.25, -0.2) is 9.67 Å². The zero-order valence-corrected chi connectivity index (χ0v) is 19.9. The van der Waals surface area contributed by atoms with E-state index in [0.717, 1.165) is 46.3 Å². The summed E-state index contributed by atoms with van der Waals surface area (Å²) in [6.45, 7) is 5.84. The molecule has 0 saturated carbocycles. The quantitative estimate of drug-likeness (QED) is 0.452. The van der Waals surface area contributed by atoms with Crippen molar-refractivity contribution >= 4 is 34.2 Å². The van der Waals surface area contributed by atoms with Gasteiger partial charge in [0.2, 0.25) is 0 Å². The van der Waals surface area contributed by atoms with Gasteiger partial charge in [0.25, 0.3) is 5.91 Å². The average Bonchev–Trinajstić information content (AvgIpc) is 3.52. The lowest BCUT2D eigenvalue weighted by Gasteiger charge is -2.29. The molecule has 0 fully saturated rings. The molecule has 0 spiro atoms. The van der Waals surface area contributed by atoms with Crippen LogP contribution < -0.4 is 0 Å². The molecule has 0 radical (unpaired) electrons. The maximum Gasteiger partial charge on any atom is 0.304 e. The first-order valence-electron chi connectivity index (χ1n) is 11.3. The van der Waals surface area contributed by atoms with Crippen LogP contribution in [0.15, 0.2) is 41.2 Å². The Hall–Kier alpha value is -3.59. The summed E-state index contributed by atoms with van der Waals surface area (Å²) in [5.41, 5.74) is 8.93. The Kier molecular flexibility index (Phi) is 5.87. The van der Waals surface area contributed by atoms with E-state index in [4.69, 9.17) is 0 Å². The maximum atomic E-state index is 12.8. The van der Waals surface area contributed by atoms with Gasteiger partial charge in [0.05, 0.1) is 17.4 Å². The lowest BCUT2D eigenvalue weighted by Crippen LogP contribution is -2.36. The largest absolute Gasteiger partial charge is 0.481 e. The molecule has 9 heteroatoms. The number of carbonyl (C=O) groups excluding carboxylic acids is 1. The van der Waals surface area contributed by atoms with Gasteiger partial charge in [-0.1, -0.05) is 29.5 Å². The fraction of sp³-hybridized carbons (Fsp3) is 0.320. The second kappa shape index (κ2) is 8.98. The van der Waals surface area contributed by atoms with E-state index in [1.807, 2.05) is 41.6 Å². The number of rotatable bonds is 6. The topological polar surface area (TPSA) is 101 Å². The molecule has 1 aliphatic heterocycles. The van der Waals surface area contributed by atoms with Crippen molar-refractivity contribution in [2.24, 2.45) is 0 Å². The molecular weight excluding hydrogens is 450 g/mol. The van der Waals surface area contributed by atoms with E-state index in [1.54, 1.807) is 10.9 Å². The number of carbonyl (C=O) groups is 2. The van der Waals surface area contributed by atoms with E-state index >= 15 is 0 Å². The monoisotopic (exact) mass is 475 g/mol. The average molecular weight is 476 g/mol. The van der Waals surface area contributed by atoms with Crippen molar-refractivity contribution in [2.45, 2.75) is 45.7 Å². The summed E-state index contributed by atoms with van der Waals surface area (Å²) in [7, 11) is 0. The van der Waals surface area contributed by atoms with Crippen LogP contribution in [-0.4, -0.2) is 48.4 Å². The van der Waals surface area contributed by atoms with Crippen LogP contribution in [0.1, 0.15) is 57.6 Å². The third kappa shape index (κ3) is 3.96. The summed E-state index contributed by atoms with van der Waals surface area (Å²) in [5, 5.41) is 20.1. The second-order valence-corrected chi connectivity index (χ2v) is 9.30. The van der Waals surface area contributed by atoms with Gasteiger partial charge in [0, 0.05) is 30.9 Å². The molecule has 174 valence electrons. The van der Waals surface area contributed by atoms with E-state index in [1.165, 1.54) is 16.9 Å². The summed E-state index contributed by atoms with van der Waals surface area (Å²) in [6, 6.07) is 10.1. The van der Waals surface area contributed by atoms with E-state index < -0.39 is 5.97 Å². The molecule has 4 aromatic rings. The summed E-state index contributed by atoms with van der Waals surface area (Å²) in [5.74, 6) is -1.26. The Bertz CT molecular complexity index is 1380. The van der Waals surface area contributed by atoms with Gasteiger partial charge in [0.15, 0.2) is 0 Å². The standard InChI is InChI=1S/C25H25N5O3S/c1-3-30-22-7-6-19(15(2)24(22)27-28-30)20(11-23(31)32)17-5-4-16-8-9-29(12-18(16)10-17)25(33)21-13-34-14-26-21/h4-7,10,13-14,20H,3,8-9,11-12H2,1-2H3,(H,31,32). The number of carboxylic acids is 1. The van der Waals surface area contributed by atoms with Gasteiger partial charge in [-0.05, 0) is 54.2 Å². The van der Waals surface area contributed by atoms with Gasteiger partial charge >= 0.3 is 5.97 Å². The molecule has 1 N–H and O–H groups in total. The minimum Gasteiger partial charge on any atom is -0.481 e. The molecule has 5 rings (SSSR count). The van der Waals surface area contributed by atoms with Gasteiger partial charge in [0.1, 0.15) is 11.2 Å². The fourth-order valence-corrected chi connectivity index (χ4v) is 5.35. The number of hydrogen-bond acceptors (Lipinski definition) is 6. The highest BCUT2D eigenvalue weighted by molar-refractivity contribution is 7.07. The number of fused-ring (bicyclic) bond motifs is 2. The highest BCUT2D eigenvalue weighted by atomic mass is 32.1. The van der Waals surface area contributed by atoms with Crippen LogP contribution >= 0.6 is 11.3 Å². The first kappa shape index (κ1) is 22.2. The van der Waals surface area contributed by atoms with Crippen LogP contribution in [0.3, 0.4) is 0 Å². The Morgan fingerprint density at radius 3 is 2.79 bits per heavy atom. The number of aryl methyl sites for hydroxylation is 2. The molecular formula is C25H25N5O3S. The number of hydrogen-bond donors (Lipinski definition) is 1. The van der Waals surface area contributed by atoms with Crippen LogP contribution in [0.4, 0.5) is 0 Å². The Labute approximate surface area is 200 Å². The first-order chi connectivity index (χ1) is 16.5. The van der Waals surface area contributed by atoms with Crippen LogP contribution in [0.2, 0.25) is 0 Å². The Morgan fingerprint density at radius 1 is 1.21 bits per heavy atom. The van der Waals surface area contributed by atoms with Gasteiger partial charge < -0.3 is 10.0 Å². The molecule has 3 heterocycles. The first-order valence-corrected chi connectivity index (χ1v) is 12.2. The molecule has 1 aliphatic rings. The van der Waals surface area contributed by atoms with Gasteiger partial charge in [-0.2, -0.15) is 0 Å². The Morgan fingerprint density at radius 2 is 2.06 bits per heavy atom. The predicted octanol–water partition coefficient (Wildman–Crippen LogP) is 4.02. The predicted molar refractivity (Wildman–Crippen MR) is 129 cm³/mol. The maximum absolute atomic E-state index is 12.8. The van der Waals surface area contributed by atoms with E-state index in [2.05, 4.69) is 27.4 Å². The molecule has 1 atom stereocenters. The van der Waals surface area contributed by atoms with Gasteiger partial charge in [-0.15, -0.1) is 16.4 Å². The SMILES string of the molecule is CCn1nnc2c(C)c(C(CC(=O)O)c3ccc4c(c3)CN(C(=O)c3cscn3)CC4)ccc21. The summed E-state index contributed by atoms with van der Waals surface area (Å²) < 4.78 is 1.84. The number of amides is 1. The number of aromatic nitrogens is 4. The number of aliphatic carboxylic acids is 1. The zero-order valence-electron chi connectivity index (χ0n) is 19.1. The number of benzene rings is 2. The highest BCUT2D eigenvalue weighted by Crippen LogP contribution is 2.35. The fourth-order valence-electron chi connectivity index (χ4n) is 4.82. The number of carboxylic acid groups (broad SMARTS) is 1. The lowest BCUT2D eigenvalue weighted by molar-refractivity contribution is -0.137. The van der Waals surface area contributed by atoms with Crippen LogP contribution in [0.5, 0.6) is 0 Å². The van der Waals surface area contributed by atoms with Crippen molar-refractivity contribution in [3.63, 3.8) is 0 Å². The number of nitrogens with zero attached hydrogens (tertiary/aromatic N) is 5. The zero-order chi connectivity index (χ0) is 23.8. The molecule has 1 unspecified atom stereocenters. The summed E-state index contributed by atoms with van der Waals surface area (Å²) in [4.78, 5) is 30.7. The lowest BCUT2D eigenvalue weighted by atomic mass is 9.83. The van der Waals surface area contributed by atoms with Crippen molar-refractivity contribution in [1.82, 2.24) is 24.9 Å². The summed E-state index contributed by atoms with van der Waals surface area (Å²) in [6.07, 6.45) is 0.731. The van der Waals surface area contributed by atoms with Crippen molar-refractivity contribution in [3.8, 4) is 0 Å². The molecule has 0 aliphatic carbocycles. The molecule has 2 aromatic heterocycles. The third-order valence-electron chi connectivity index (χ3n) is 6.62. The van der Waals surface area contributed by atoms with Crippen molar-refractivity contribution in [3.05, 3.63) is 74.7 Å². The molecule has 2 aromatic carbocycles. The van der Waals surface area contributed by atoms with E-state index in [9.17, 15) is 14.7 Å². The Balaban J connectivity index is 1.51. The third-order valence-corrected chi connectivity index (χ3v) is 7.21. The van der Waals surface area contributed by atoms with Crippen molar-refractivity contribution < 1.29 is 14.7 Å². The minimum atomic E-state index is -0.861. The van der Waals surface area contributed by atoms with Gasteiger partial charge in [-0.3, -0.25) is 9.59 Å². The van der Waals surface area contributed by atoms with E-state index in [0.29, 0.717) is 18.8 Å². The van der Waals surface area contributed by atoms with Crippen molar-refractivity contribution in [2.75, 3.05) is 6.54 Å². The normalized spacial score (nSPS) is 14.2. The molecule has 1 amide bonds. The summed E-state index contributed by atoms with van der Waals surface area (Å²) >= 11 is 1.41. The van der Waals surface area contributed by atoms with Crippen LogP contribution in [0, 0.1) is 6.92 Å². The molecule has 0 bridgehead atoms. The molecule has 34 heavy (non-hydrogen) atoms. The minimum absolute atomic E-state index is 0.0332.